The number of rotatable bonds is 4. The standard InChI is InChI=1S/C26H37N3OS/c1-25(2)11-12-26(3,4)21-15-19(7-8-20(21)25)22-17-31-24(27-22)18-9-13-29(14-10-18)23(30)16-28(5)6/h7-8,15,17-18H,9-14,16H2,1-6H3. The zero-order chi connectivity index (χ0) is 22.4. The summed E-state index contributed by atoms with van der Waals surface area (Å²) in [6.07, 6.45) is 4.49. The van der Waals surface area contributed by atoms with Crippen LogP contribution in [0.15, 0.2) is 23.6 Å². The van der Waals surface area contributed by atoms with Gasteiger partial charge in [0.05, 0.1) is 17.2 Å². The number of benzene rings is 1. The number of hydrogen-bond acceptors (Lipinski definition) is 4. The number of piperidine rings is 1. The van der Waals surface area contributed by atoms with Gasteiger partial charge in [-0.3, -0.25) is 4.79 Å². The molecule has 1 aromatic carbocycles. The minimum absolute atomic E-state index is 0.214. The number of thiazole rings is 1. The first-order valence-corrected chi connectivity index (χ1v) is 12.5. The van der Waals surface area contributed by atoms with Crippen LogP contribution in [-0.2, 0) is 15.6 Å². The first-order chi connectivity index (χ1) is 14.6. The van der Waals surface area contributed by atoms with Crippen LogP contribution in [0, 0.1) is 0 Å². The molecule has 0 atom stereocenters. The van der Waals surface area contributed by atoms with Gasteiger partial charge in [0.1, 0.15) is 0 Å². The van der Waals surface area contributed by atoms with Gasteiger partial charge in [-0.15, -0.1) is 11.3 Å². The molecule has 31 heavy (non-hydrogen) atoms. The summed E-state index contributed by atoms with van der Waals surface area (Å²) in [5.41, 5.74) is 5.79. The fraction of sp³-hybridized carbons (Fsp3) is 0.615. The lowest BCUT2D eigenvalue weighted by Crippen LogP contribution is -2.42. The molecule has 0 N–H and O–H groups in total. The monoisotopic (exact) mass is 439 g/mol. The molecular weight excluding hydrogens is 402 g/mol. The number of fused-ring (bicyclic) bond motifs is 1. The average molecular weight is 440 g/mol. The van der Waals surface area contributed by atoms with Crippen molar-refractivity contribution in [3.63, 3.8) is 0 Å². The van der Waals surface area contributed by atoms with Gasteiger partial charge in [-0.2, -0.15) is 0 Å². The molecule has 0 saturated carbocycles. The van der Waals surface area contributed by atoms with Crippen LogP contribution >= 0.6 is 11.3 Å². The van der Waals surface area contributed by atoms with Crippen LogP contribution in [0.25, 0.3) is 11.3 Å². The summed E-state index contributed by atoms with van der Waals surface area (Å²) < 4.78 is 0. The predicted octanol–water partition coefficient (Wildman–Crippen LogP) is 5.43. The third kappa shape index (κ3) is 4.58. The van der Waals surface area contributed by atoms with Crippen molar-refractivity contribution in [1.29, 1.82) is 0 Å². The zero-order valence-electron chi connectivity index (χ0n) is 20.0. The number of nitrogens with zero attached hydrogens (tertiary/aromatic N) is 3. The highest BCUT2D eigenvalue weighted by atomic mass is 32.1. The summed E-state index contributed by atoms with van der Waals surface area (Å²) in [5.74, 6) is 0.707. The van der Waals surface area contributed by atoms with Crippen molar-refractivity contribution < 1.29 is 4.79 Å². The summed E-state index contributed by atoms with van der Waals surface area (Å²) in [6.45, 7) is 11.7. The Morgan fingerprint density at radius 3 is 2.39 bits per heavy atom. The fourth-order valence-electron chi connectivity index (χ4n) is 5.10. The maximum atomic E-state index is 12.3. The Labute approximate surface area is 191 Å². The smallest absolute Gasteiger partial charge is 0.236 e. The van der Waals surface area contributed by atoms with Crippen LogP contribution in [0.2, 0.25) is 0 Å². The van der Waals surface area contributed by atoms with Crippen molar-refractivity contribution >= 4 is 17.2 Å². The van der Waals surface area contributed by atoms with E-state index in [4.69, 9.17) is 4.98 Å². The maximum absolute atomic E-state index is 12.3. The Balaban J connectivity index is 1.50. The Morgan fingerprint density at radius 1 is 1.10 bits per heavy atom. The van der Waals surface area contributed by atoms with Gasteiger partial charge in [-0.25, -0.2) is 4.98 Å². The molecular formula is C26H37N3OS. The highest BCUT2D eigenvalue weighted by molar-refractivity contribution is 7.10. The summed E-state index contributed by atoms with van der Waals surface area (Å²) in [5, 5.41) is 3.45. The van der Waals surface area contributed by atoms with Gasteiger partial charge < -0.3 is 9.80 Å². The molecule has 0 bridgehead atoms. The molecule has 1 aromatic heterocycles. The van der Waals surface area contributed by atoms with Crippen LogP contribution in [0.3, 0.4) is 0 Å². The summed E-state index contributed by atoms with van der Waals surface area (Å²) >= 11 is 1.79. The molecule has 0 unspecified atom stereocenters. The van der Waals surface area contributed by atoms with Gasteiger partial charge in [0, 0.05) is 30.0 Å². The van der Waals surface area contributed by atoms with Crippen molar-refractivity contribution in [3.05, 3.63) is 39.7 Å². The number of likely N-dealkylation sites (N-methyl/N-ethyl adjacent to an activating group) is 1. The van der Waals surface area contributed by atoms with Crippen LogP contribution in [-0.4, -0.2) is 54.4 Å². The molecule has 1 saturated heterocycles. The van der Waals surface area contributed by atoms with E-state index in [2.05, 4.69) is 51.3 Å². The molecule has 2 aromatic rings. The van der Waals surface area contributed by atoms with Gasteiger partial charge in [0.15, 0.2) is 0 Å². The number of likely N-dealkylation sites (tertiary alicyclic amines) is 1. The highest BCUT2D eigenvalue weighted by Gasteiger charge is 2.37. The maximum Gasteiger partial charge on any atom is 0.236 e. The van der Waals surface area contributed by atoms with E-state index in [-0.39, 0.29) is 16.7 Å². The molecule has 0 radical (unpaired) electrons. The van der Waals surface area contributed by atoms with Crippen molar-refractivity contribution in [2.75, 3.05) is 33.7 Å². The minimum Gasteiger partial charge on any atom is -0.342 e. The van der Waals surface area contributed by atoms with Crippen LogP contribution < -0.4 is 0 Å². The van der Waals surface area contributed by atoms with E-state index in [1.807, 2.05) is 23.9 Å². The number of amides is 1. The molecule has 4 nitrogen and oxygen atoms in total. The quantitative estimate of drug-likeness (QED) is 0.638. The van der Waals surface area contributed by atoms with Gasteiger partial charge in [-0.05, 0) is 67.8 Å². The summed E-state index contributed by atoms with van der Waals surface area (Å²) in [7, 11) is 3.90. The second-order valence-electron chi connectivity index (χ2n) is 11.0. The lowest BCUT2D eigenvalue weighted by Gasteiger charge is -2.42. The van der Waals surface area contributed by atoms with E-state index in [0.717, 1.165) is 31.6 Å². The summed E-state index contributed by atoms with van der Waals surface area (Å²) in [4.78, 5) is 21.3. The highest BCUT2D eigenvalue weighted by Crippen LogP contribution is 2.47. The summed E-state index contributed by atoms with van der Waals surface area (Å²) in [6, 6.07) is 7.01. The molecule has 0 spiro atoms. The third-order valence-corrected chi connectivity index (χ3v) is 8.33. The van der Waals surface area contributed by atoms with E-state index < -0.39 is 0 Å². The molecule has 5 heteroatoms. The van der Waals surface area contributed by atoms with E-state index in [1.54, 1.807) is 11.3 Å². The van der Waals surface area contributed by atoms with Gasteiger partial charge in [0.25, 0.3) is 0 Å². The zero-order valence-corrected chi connectivity index (χ0v) is 20.8. The van der Waals surface area contributed by atoms with E-state index in [0.29, 0.717) is 12.5 Å². The fourth-order valence-corrected chi connectivity index (χ4v) is 6.10. The van der Waals surface area contributed by atoms with Crippen molar-refractivity contribution in [2.45, 2.75) is 70.1 Å². The topological polar surface area (TPSA) is 36.4 Å². The average Bonchev–Trinajstić information content (AvgIpc) is 3.21. The number of carbonyl (C=O) groups excluding carboxylic acids is 1. The Hall–Kier alpha value is -1.72. The van der Waals surface area contributed by atoms with Gasteiger partial charge in [0.2, 0.25) is 5.91 Å². The molecule has 1 fully saturated rings. The second-order valence-corrected chi connectivity index (χ2v) is 11.9. The molecule has 1 aliphatic carbocycles. The number of carbonyl (C=O) groups is 1. The second kappa shape index (κ2) is 8.32. The molecule has 168 valence electrons. The van der Waals surface area contributed by atoms with Crippen molar-refractivity contribution in [2.24, 2.45) is 0 Å². The number of aromatic nitrogens is 1. The van der Waals surface area contributed by atoms with E-state index in [9.17, 15) is 4.79 Å². The Bertz CT molecular complexity index is 951. The predicted molar refractivity (Wildman–Crippen MR) is 130 cm³/mol. The Kier molecular flexibility index (Phi) is 6.04. The lowest BCUT2D eigenvalue weighted by molar-refractivity contribution is -0.132. The van der Waals surface area contributed by atoms with Crippen LogP contribution in [0.1, 0.15) is 75.4 Å². The minimum atomic E-state index is 0.214. The van der Waals surface area contributed by atoms with Crippen LogP contribution in [0.4, 0.5) is 0 Å². The van der Waals surface area contributed by atoms with Gasteiger partial charge in [-0.1, -0.05) is 39.8 Å². The Morgan fingerprint density at radius 2 is 1.74 bits per heavy atom. The largest absolute Gasteiger partial charge is 0.342 e. The first-order valence-electron chi connectivity index (χ1n) is 11.6. The van der Waals surface area contributed by atoms with E-state index in [1.165, 1.54) is 34.5 Å². The van der Waals surface area contributed by atoms with Gasteiger partial charge >= 0.3 is 0 Å². The van der Waals surface area contributed by atoms with E-state index >= 15 is 0 Å². The first kappa shape index (κ1) is 22.5. The SMILES string of the molecule is CN(C)CC(=O)N1CCC(c2nc(-c3ccc4c(c3)C(C)(C)CCC4(C)C)cs2)CC1. The van der Waals surface area contributed by atoms with Crippen LogP contribution in [0.5, 0.6) is 0 Å². The van der Waals surface area contributed by atoms with Crippen molar-refractivity contribution in [1.82, 2.24) is 14.8 Å². The lowest BCUT2D eigenvalue weighted by atomic mass is 9.63. The van der Waals surface area contributed by atoms with Crippen molar-refractivity contribution in [3.8, 4) is 11.3 Å². The normalized spacial score (nSPS) is 20.7. The molecule has 2 aliphatic rings. The molecule has 1 amide bonds. The molecule has 1 aliphatic heterocycles. The molecule has 4 rings (SSSR count). The number of hydrogen-bond donors (Lipinski definition) is 0. The third-order valence-electron chi connectivity index (χ3n) is 7.32. The molecule has 2 heterocycles.